The number of hydrogen-bond donors (Lipinski definition) is 2. The van der Waals surface area contributed by atoms with E-state index in [-0.39, 0.29) is 5.91 Å². The number of carbonyl (C=O) groups excluding carboxylic acids is 1. The van der Waals surface area contributed by atoms with E-state index in [1.165, 1.54) is 32.0 Å². The molecule has 2 aromatic heterocycles. The van der Waals surface area contributed by atoms with E-state index in [0.29, 0.717) is 19.0 Å². The molecule has 6 heteroatoms. The van der Waals surface area contributed by atoms with Gasteiger partial charge in [-0.3, -0.25) is 4.79 Å². The van der Waals surface area contributed by atoms with E-state index in [4.69, 9.17) is 4.98 Å². The number of hydrogen-bond acceptors (Lipinski definition) is 5. The number of carbonyl (C=O) groups is 1. The molecule has 0 atom stereocenters. The second kappa shape index (κ2) is 5.95. The molecule has 0 radical (unpaired) electrons. The van der Waals surface area contributed by atoms with Crippen LogP contribution in [0.2, 0.25) is 0 Å². The van der Waals surface area contributed by atoms with E-state index in [0.717, 1.165) is 28.2 Å². The Morgan fingerprint density at radius 1 is 1.17 bits per heavy atom. The Balaban J connectivity index is 1.76. The molecule has 118 valence electrons. The van der Waals surface area contributed by atoms with Gasteiger partial charge < -0.3 is 10.6 Å². The first-order chi connectivity index (χ1) is 11.3. The number of aromatic nitrogens is 3. The molecule has 2 aromatic rings. The molecular formula is C17H19N5O. The Morgan fingerprint density at radius 2 is 1.96 bits per heavy atom. The number of amides is 1. The zero-order chi connectivity index (χ0) is 15.6. The quantitative estimate of drug-likeness (QED) is 0.907. The minimum Gasteiger partial charge on any atom is -0.367 e. The summed E-state index contributed by atoms with van der Waals surface area (Å²) < 4.78 is 0. The lowest BCUT2D eigenvalue weighted by Crippen LogP contribution is -2.32. The van der Waals surface area contributed by atoms with Crippen molar-refractivity contribution in [3.63, 3.8) is 0 Å². The van der Waals surface area contributed by atoms with E-state index in [1.807, 2.05) is 6.07 Å². The highest BCUT2D eigenvalue weighted by molar-refractivity contribution is 5.82. The number of rotatable bonds is 3. The van der Waals surface area contributed by atoms with E-state index < -0.39 is 0 Å². The summed E-state index contributed by atoms with van der Waals surface area (Å²) in [7, 11) is 0. The average Bonchev–Trinajstić information content (AvgIpc) is 3.08. The summed E-state index contributed by atoms with van der Waals surface area (Å²) in [5, 5.41) is 6.51. The summed E-state index contributed by atoms with van der Waals surface area (Å²) in [5.74, 6) is 0.957. The second-order valence-electron chi connectivity index (χ2n) is 6.20. The average molecular weight is 309 g/mol. The molecule has 4 rings (SSSR count). The van der Waals surface area contributed by atoms with Gasteiger partial charge in [0.25, 0.3) is 0 Å². The Hall–Kier alpha value is -2.50. The van der Waals surface area contributed by atoms with E-state index in [1.54, 1.807) is 12.4 Å². The van der Waals surface area contributed by atoms with Crippen molar-refractivity contribution in [1.29, 1.82) is 0 Å². The van der Waals surface area contributed by atoms with Crippen LogP contribution in [0.15, 0.2) is 24.8 Å². The van der Waals surface area contributed by atoms with Crippen LogP contribution < -0.4 is 10.6 Å². The zero-order valence-corrected chi connectivity index (χ0v) is 12.9. The minimum atomic E-state index is 0.0609. The van der Waals surface area contributed by atoms with Gasteiger partial charge in [-0.25, -0.2) is 15.0 Å². The number of nitrogens with one attached hydrogen (secondary N) is 2. The molecule has 0 spiro atoms. The molecule has 0 unspecified atom stereocenters. The summed E-state index contributed by atoms with van der Waals surface area (Å²) in [4.78, 5) is 24.7. The van der Waals surface area contributed by atoms with Gasteiger partial charge >= 0.3 is 0 Å². The van der Waals surface area contributed by atoms with Crippen LogP contribution in [0.5, 0.6) is 0 Å². The Morgan fingerprint density at radius 3 is 2.74 bits per heavy atom. The van der Waals surface area contributed by atoms with Crippen LogP contribution in [0.3, 0.4) is 0 Å². The number of pyridine rings is 1. The molecule has 1 amide bonds. The Kier molecular flexibility index (Phi) is 3.65. The fourth-order valence-electron chi connectivity index (χ4n) is 3.36. The normalized spacial score (nSPS) is 17.7. The highest BCUT2D eigenvalue weighted by atomic mass is 16.1. The third-order valence-electron chi connectivity index (χ3n) is 4.58. The van der Waals surface area contributed by atoms with Crippen molar-refractivity contribution in [2.24, 2.45) is 0 Å². The van der Waals surface area contributed by atoms with Gasteiger partial charge in [-0.05, 0) is 24.5 Å². The van der Waals surface area contributed by atoms with Crippen molar-refractivity contribution in [2.75, 3.05) is 5.32 Å². The van der Waals surface area contributed by atoms with Gasteiger partial charge in [0.1, 0.15) is 12.1 Å². The molecule has 3 heterocycles. The third-order valence-corrected chi connectivity index (χ3v) is 4.58. The lowest BCUT2D eigenvalue weighted by atomic mass is 9.99. The summed E-state index contributed by atoms with van der Waals surface area (Å²) in [6.45, 7) is 0.543. The second-order valence-corrected chi connectivity index (χ2v) is 6.20. The number of nitrogens with zero attached hydrogens (tertiary/aromatic N) is 3. The van der Waals surface area contributed by atoms with Gasteiger partial charge in [-0.2, -0.15) is 0 Å². The number of anilines is 1. The van der Waals surface area contributed by atoms with E-state index in [9.17, 15) is 4.79 Å². The van der Waals surface area contributed by atoms with Gasteiger partial charge in [-0.15, -0.1) is 0 Å². The van der Waals surface area contributed by atoms with Crippen LogP contribution in [0.1, 0.15) is 36.8 Å². The van der Waals surface area contributed by atoms with E-state index >= 15 is 0 Å². The molecule has 23 heavy (non-hydrogen) atoms. The highest BCUT2D eigenvalue weighted by Gasteiger charge is 2.23. The first-order valence-corrected chi connectivity index (χ1v) is 8.11. The number of fused-ring (bicyclic) bond motifs is 1. The van der Waals surface area contributed by atoms with Crippen molar-refractivity contribution >= 4 is 11.7 Å². The maximum atomic E-state index is 11.8. The van der Waals surface area contributed by atoms with E-state index in [2.05, 4.69) is 20.6 Å². The Labute approximate surface area is 134 Å². The smallest absolute Gasteiger partial charge is 0.224 e. The van der Waals surface area contributed by atoms with Crippen LogP contribution in [0, 0.1) is 0 Å². The fourth-order valence-corrected chi connectivity index (χ4v) is 3.36. The lowest BCUT2D eigenvalue weighted by molar-refractivity contribution is -0.121. The van der Waals surface area contributed by atoms with Crippen molar-refractivity contribution in [3.05, 3.63) is 35.9 Å². The van der Waals surface area contributed by atoms with Crippen LogP contribution in [0.25, 0.3) is 11.3 Å². The molecule has 6 nitrogen and oxygen atoms in total. The summed E-state index contributed by atoms with van der Waals surface area (Å²) in [6.07, 6.45) is 10.3. The molecule has 0 saturated heterocycles. The monoisotopic (exact) mass is 309 g/mol. The Bertz CT molecular complexity index is 725. The molecular weight excluding hydrogens is 290 g/mol. The maximum Gasteiger partial charge on any atom is 0.224 e. The van der Waals surface area contributed by atoms with Crippen molar-refractivity contribution in [3.8, 4) is 11.3 Å². The van der Waals surface area contributed by atoms with Gasteiger partial charge in [0.2, 0.25) is 5.91 Å². The van der Waals surface area contributed by atoms with Crippen LogP contribution in [-0.4, -0.2) is 26.9 Å². The van der Waals surface area contributed by atoms with Crippen molar-refractivity contribution in [2.45, 2.75) is 44.7 Å². The van der Waals surface area contributed by atoms with Crippen LogP contribution in [-0.2, 0) is 17.8 Å². The standard InChI is InChI=1S/C17H19N5O/c23-16-6-11-5-15(12-7-18-10-19-8-12)22-17(14(11)9-20-16)21-13-3-1-2-4-13/h5,7-8,10,13H,1-4,6,9H2,(H,20,23)(H,21,22). The topological polar surface area (TPSA) is 79.8 Å². The molecule has 1 aliphatic heterocycles. The van der Waals surface area contributed by atoms with Gasteiger partial charge in [0.15, 0.2) is 0 Å². The molecule has 1 fully saturated rings. The summed E-state index contributed by atoms with van der Waals surface area (Å²) >= 11 is 0. The zero-order valence-electron chi connectivity index (χ0n) is 12.9. The fraction of sp³-hybridized carbons (Fsp3) is 0.412. The van der Waals surface area contributed by atoms with Crippen molar-refractivity contribution in [1.82, 2.24) is 20.3 Å². The summed E-state index contributed by atoms with van der Waals surface area (Å²) in [6, 6.07) is 2.47. The SMILES string of the molecule is O=C1Cc2cc(-c3cncnc3)nc(NC3CCCC3)c2CN1. The largest absolute Gasteiger partial charge is 0.367 e. The third kappa shape index (κ3) is 2.88. The summed E-state index contributed by atoms with van der Waals surface area (Å²) in [5.41, 5.74) is 3.84. The predicted molar refractivity (Wildman–Crippen MR) is 86.7 cm³/mol. The molecule has 1 aliphatic carbocycles. The van der Waals surface area contributed by atoms with Gasteiger partial charge in [0, 0.05) is 36.1 Å². The predicted octanol–water partition coefficient (Wildman–Crippen LogP) is 2.07. The molecule has 1 saturated carbocycles. The maximum absolute atomic E-state index is 11.8. The van der Waals surface area contributed by atoms with Crippen molar-refractivity contribution < 1.29 is 4.79 Å². The van der Waals surface area contributed by atoms with Crippen LogP contribution in [0.4, 0.5) is 5.82 Å². The molecule has 0 bridgehead atoms. The molecule has 2 N–H and O–H groups in total. The first kappa shape index (κ1) is 14.1. The molecule has 2 aliphatic rings. The highest BCUT2D eigenvalue weighted by Crippen LogP contribution is 2.30. The van der Waals surface area contributed by atoms with Gasteiger partial charge in [-0.1, -0.05) is 12.8 Å². The minimum absolute atomic E-state index is 0.0609. The van der Waals surface area contributed by atoms with Gasteiger partial charge in [0.05, 0.1) is 12.1 Å². The first-order valence-electron chi connectivity index (χ1n) is 8.11. The molecule has 0 aromatic carbocycles. The lowest BCUT2D eigenvalue weighted by Gasteiger charge is -2.23. The van der Waals surface area contributed by atoms with Crippen LogP contribution >= 0.6 is 0 Å².